The van der Waals surface area contributed by atoms with Crippen LogP contribution in [0.5, 0.6) is 5.75 Å². The van der Waals surface area contributed by atoms with E-state index in [9.17, 15) is 18.0 Å². The molecule has 3 nitrogen and oxygen atoms in total. The number of hydrogen-bond acceptors (Lipinski definition) is 2. The van der Waals surface area contributed by atoms with Gasteiger partial charge in [-0.1, -0.05) is 6.07 Å². The molecule has 0 aromatic heterocycles. The Labute approximate surface area is 126 Å². The average molecular weight is 360 g/mol. The smallest absolute Gasteiger partial charge is 0.387 e. The maximum absolute atomic E-state index is 13.3. The molecule has 0 aliphatic heterocycles. The van der Waals surface area contributed by atoms with Gasteiger partial charge in [0.05, 0.1) is 4.47 Å². The molecule has 2 aromatic rings. The quantitative estimate of drug-likeness (QED) is 0.876. The molecule has 0 spiro atoms. The van der Waals surface area contributed by atoms with Crippen LogP contribution in [0.3, 0.4) is 0 Å². The van der Waals surface area contributed by atoms with Gasteiger partial charge in [-0.05, 0) is 52.3 Å². The van der Waals surface area contributed by atoms with Gasteiger partial charge in [0.15, 0.2) is 0 Å². The molecule has 0 bridgehead atoms. The fourth-order valence-electron chi connectivity index (χ4n) is 1.59. The van der Waals surface area contributed by atoms with Crippen LogP contribution in [0.2, 0.25) is 0 Å². The summed E-state index contributed by atoms with van der Waals surface area (Å²) in [6.45, 7) is -2.97. The van der Waals surface area contributed by atoms with E-state index >= 15 is 0 Å². The number of nitrogens with one attached hydrogen (secondary N) is 1. The molecule has 7 heteroatoms. The summed E-state index contributed by atoms with van der Waals surface area (Å²) in [5.74, 6) is -1.21. The fraction of sp³-hybridized carbons (Fsp3) is 0.0714. The lowest BCUT2D eigenvalue weighted by molar-refractivity contribution is -0.0498. The van der Waals surface area contributed by atoms with Crippen molar-refractivity contribution >= 4 is 27.5 Å². The van der Waals surface area contributed by atoms with Crippen molar-refractivity contribution in [2.45, 2.75) is 6.61 Å². The van der Waals surface area contributed by atoms with Crippen molar-refractivity contribution in [3.05, 3.63) is 58.3 Å². The number of ether oxygens (including phenoxy) is 1. The highest BCUT2D eigenvalue weighted by atomic mass is 79.9. The van der Waals surface area contributed by atoms with E-state index in [2.05, 4.69) is 26.0 Å². The summed E-state index contributed by atoms with van der Waals surface area (Å²) < 4.78 is 42.0. The Morgan fingerprint density at radius 3 is 2.62 bits per heavy atom. The minimum atomic E-state index is -2.97. The van der Waals surface area contributed by atoms with Gasteiger partial charge in [-0.2, -0.15) is 8.78 Å². The molecule has 0 saturated carbocycles. The largest absolute Gasteiger partial charge is 0.435 e. The first-order valence-corrected chi connectivity index (χ1v) is 6.56. The number of halogens is 4. The molecule has 1 N–H and O–H groups in total. The normalized spacial score (nSPS) is 10.5. The number of hydrogen-bond donors (Lipinski definition) is 1. The van der Waals surface area contributed by atoms with Crippen LogP contribution in [0, 0.1) is 5.82 Å². The molecular weight excluding hydrogens is 351 g/mol. The number of rotatable bonds is 4. The van der Waals surface area contributed by atoms with Crippen LogP contribution < -0.4 is 10.1 Å². The summed E-state index contributed by atoms with van der Waals surface area (Å²) in [7, 11) is 0. The van der Waals surface area contributed by atoms with Crippen LogP contribution in [-0.2, 0) is 0 Å². The lowest BCUT2D eigenvalue weighted by Crippen LogP contribution is -2.12. The zero-order valence-corrected chi connectivity index (χ0v) is 12.0. The van der Waals surface area contributed by atoms with Crippen LogP contribution in [0.1, 0.15) is 10.4 Å². The number of carbonyl (C=O) groups is 1. The first-order chi connectivity index (χ1) is 9.95. The van der Waals surface area contributed by atoms with E-state index in [1.165, 1.54) is 36.4 Å². The molecule has 0 fully saturated rings. The molecule has 0 heterocycles. The van der Waals surface area contributed by atoms with Crippen LogP contribution >= 0.6 is 15.9 Å². The lowest BCUT2D eigenvalue weighted by Gasteiger charge is -2.08. The van der Waals surface area contributed by atoms with E-state index in [1.807, 2.05) is 0 Å². The Bertz CT molecular complexity index is 664. The van der Waals surface area contributed by atoms with E-state index in [0.29, 0.717) is 0 Å². The molecule has 0 aliphatic carbocycles. The predicted molar refractivity (Wildman–Crippen MR) is 75.1 cm³/mol. The van der Waals surface area contributed by atoms with E-state index in [4.69, 9.17) is 0 Å². The maximum Gasteiger partial charge on any atom is 0.387 e. The molecule has 2 rings (SSSR count). The van der Waals surface area contributed by atoms with Gasteiger partial charge in [0, 0.05) is 11.3 Å². The summed E-state index contributed by atoms with van der Waals surface area (Å²) in [5.41, 5.74) is 0.373. The molecule has 0 saturated heterocycles. The van der Waals surface area contributed by atoms with Crippen molar-refractivity contribution in [3.63, 3.8) is 0 Å². The average Bonchev–Trinajstić information content (AvgIpc) is 2.42. The van der Waals surface area contributed by atoms with Gasteiger partial charge in [-0.25, -0.2) is 4.39 Å². The van der Waals surface area contributed by atoms with Crippen molar-refractivity contribution in [1.29, 1.82) is 0 Å². The third-order valence-corrected chi connectivity index (χ3v) is 3.14. The summed E-state index contributed by atoms with van der Waals surface area (Å²) in [6, 6.07) is 9.42. The zero-order chi connectivity index (χ0) is 15.4. The van der Waals surface area contributed by atoms with Gasteiger partial charge in [-0.3, -0.25) is 4.79 Å². The van der Waals surface area contributed by atoms with Crippen LogP contribution in [-0.4, -0.2) is 12.5 Å². The highest BCUT2D eigenvalue weighted by Crippen LogP contribution is 2.21. The van der Waals surface area contributed by atoms with Crippen LogP contribution in [0.15, 0.2) is 46.9 Å². The molecular formula is C14H9BrF3NO2. The summed E-state index contributed by atoms with van der Waals surface area (Å²) in [5, 5.41) is 2.46. The highest BCUT2D eigenvalue weighted by Gasteiger charge is 2.10. The van der Waals surface area contributed by atoms with Gasteiger partial charge in [0.2, 0.25) is 0 Å². The van der Waals surface area contributed by atoms with E-state index in [-0.39, 0.29) is 21.5 Å². The first kappa shape index (κ1) is 15.4. The molecule has 0 atom stereocenters. The molecule has 0 aliphatic rings. The standard InChI is InChI=1S/C14H9BrF3NO2/c15-11-5-4-9(7-12(11)16)19-13(20)8-2-1-3-10(6-8)21-14(17)18/h1-7,14H,(H,19,20). The summed E-state index contributed by atoms with van der Waals surface area (Å²) in [6.07, 6.45) is 0. The van der Waals surface area contributed by atoms with Crippen molar-refractivity contribution in [2.75, 3.05) is 5.32 Å². The number of benzene rings is 2. The van der Waals surface area contributed by atoms with Crippen molar-refractivity contribution in [3.8, 4) is 5.75 Å². The van der Waals surface area contributed by atoms with Crippen molar-refractivity contribution < 1.29 is 22.7 Å². The Morgan fingerprint density at radius 1 is 1.19 bits per heavy atom. The van der Waals surface area contributed by atoms with E-state index in [0.717, 1.165) is 6.07 Å². The SMILES string of the molecule is O=C(Nc1ccc(Br)c(F)c1)c1cccc(OC(F)F)c1. The van der Waals surface area contributed by atoms with E-state index in [1.54, 1.807) is 0 Å². The molecule has 21 heavy (non-hydrogen) atoms. The Morgan fingerprint density at radius 2 is 1.95 bits per heavy atom. The number of anilines is 1. The van der Waals surface area contributed by atoms with Gasteiger partial charge < -0.3 is 10.1 Å². The molecule has 0 radical (unpaired) electrons. The fourth-order valence-corrected chi connectivity index (χ4v) is 1.84. The van der Waals surface area contributed by atoms with Gasteiger partial charge in [0.1, 0.15) is 11.6 Å². The van der Waals surface area contributed by atoms with Crippen molar-refractivity contribution in [2.24, 2.45) is 0 Å². The van der Waals surface area contributed by atoms with E-state index < -0.39 is 18.3 Å². The zero-order valence-electron chi connectivity index (χ0n) is 10.4. The minimum absolute atomic E-state index is 0.122. The molecule has 2 aromatic carbocycles. The Balaban J connectivity index is 2.14. The second kappa shape index (κ2) is 6.62. The monoisotopic (exact) mass is 359 g/mol. The predicted octanol–water partition coefficient (Wildman–Crippen LogP) is 4.44. The molecule has 1 amide bonds. The molecule has 0 unspecified atom stereocenters. The summed E-state index contributed by atoms with van der Waals surface area (Å²) in [4.78, 5) is 12.0. The Kier molecular flexibility index (Phi) is 4.85. The number of alkyl halides is 2. The third-order valence-electron chi connectivity index (χ3n) is 2.50. The topological polar surface area (TPSA) is 38.3 Å². The minimum Gasteiger partial charge on any atom is -0.435 e. The van der Waals surface area contributed by atoms with Crippen molar-refractivity contribution in [1.82, 2.24) is 0 Å². The van der Waals surface area contributed by atoms with Crippen LogP contribution in [0.25, 0.3) is 0 Å². The number of amides is 1. The van der Waals surface area contributed by atoms with Crippen LogP contribution in [0.4, 0.5) is 18.9 Å². The molecule has 110 valence electrons. The first-order valence-electron chi connectivity index (χ1n) is 5.77. The number of carbonyl (C=O) groups excluding carboxylic acids is 1. The second-order valence-corrected chi connectivity index (χ2v) is 4.84. The van der Waals surface area contributed by atoms with Gasteiger partial charge in [0.25, 0.3) is 5.91 Å². The summed E-state index contributed by atoms with van der Waals surface area (Å²) >= 11 is 3.00. The van der Waals surface area contributed by atoms with Gasteiger partial charge >= 0.3 is 6.61 Å². The highest BCUT2D eigenvalue weighted by molar-refractivity contribution is 9.10. The Hall–Kier alpha value is -2.02. The maximum atomic E-state index is 13.3. The second-order valence-electron chi connectivity index (χ2n) is 3.99. The van der Waals surface area contributed by atoms with Gasteiger partial charge in [-0.15, -0.1) is 0 Å². The lowest BCUT2D eigenvalue weighted by atomic mass is 10.2. The third kappa shape index (κ3) is 4.22.